The molecule has 0 atom stereocenters. The molecule has 5 N–H and O–H groups in total. The Bertz CT molecular complexity index is 1010. The molecule has 2 aromatic heterocycles. The van der Waals surface area contributed by atoms with Crippen molar-refractivity contribution in [3.63, 3.8) is 0 Å². The highest BCUT2D eigenvalue weighted by Gasteiger charge is 2.20. The van der Waals surface area contributed by atoms with E-state index in [0.717, 1.165) is 24.0 Å². The molecule has 0 saturated heterocycles. The molecule has 10 heteroatoms. The fourth-order valence-corrected chi connectivity index (χ4v) is 3.12. The van der Waals surface area contributed by atoms with Gasteiger partial charge < -0.3 is 10.6 Å². The van der Waals surface area contributed by atoms with Gasteiger partial charge in [-0.1, -0.05) is 0 Å². The predicted octanol–water partition coefficient (Wildman–Crippen LogP) is 1.71. The fraction of sp³-hybridized carbons (Fsp3) is 0.267. The van der Waals surface area contributed by atoms with Gasteiger partial charge in [0.2, 0.25) is 16.0 Å². The Kier molecular flexibility index (Phi) is 3.77. The normalized spacial score (nSPS) is 15.1. The summed E-state index contributed by atoms with van der Waals surface area (Å²) in [6, 6.07) is 6.51. The molecule has 130 valence electrons. The van der Waals surface area contributed by atoms with Crippen molar-refractivity contribution in [3.8, 4) is 0 Å². The Morgan fingerprint density at radius 1 is 1.16 bits per heavy atom. The van der Waals surface area contributed by atoms with Gasteiger partial charge in [-0.3, -0.25) is 5.10 Å². The number of anilines is 3. The van der Waals surface area contributed by atoms with Gasteiger partial charge in [-0.15, -0.1) is 0 Å². The van der Waals surface area contributed by atoms with Crippen LogP contribution >= 0.6 is 0 Å². The van der Waals surface area contributed by atoms with Crippen LogP contribution in [0.4, 0.5) is 17.5 Å². The number of primary sulfonamides is 1. The third kappa shape index (κ3) is 3.26. The maximum absolute atomic E-state index is 11.3. The van der Waals surface area contributed by atoms with Crippen molar-refractivity contribution in [3.05, 3.63) is 30.5 Å². The summed E-state index contributed by atoms with van der Waals surface area (Å²) in [6.07, 6.45) is 5.17. The second-order valence-electron chi connectivity index (χ2n) is 5.99. The van der Waals surface area contributed by atoms with Crippen molar-refractivity contribution < 1.29 is 8.42 Å². The van der Waals surface area contributed by atoms with E-state index in [1.54, 1.807) is 18.3 Å². The maximum atomic E-state index is 11.3. The second kappa shape index (κ2) is 5.97. The van der Waals surface area contributed by atoms with Crippen LogP contribution in [0.3, 0.4) is 0 Å². The molecule has 0 bridgehead atoms. The number of nitrogens with zero attached hydrogens (tertiary/aromatic N) is 3. The zero-order valence-corrected chi connectivity index (χ0v) is 14.0. The minimum Gasteiger partial charge on any atom is -0.367 e. The van der Waals surface area contributed by atoms with E-state index in [1.165, 1.54) is 18.6 Å². The highest BCUT2D eigenvalue weighted by molar-refractivity contribution is 7.89. The van der Waals surface area contributed by atoms with E-state index in [2.05, 4.69) is 30.8 Å². The molecule has 2 heterocycles. The molecule has 1 saturated carbocycles. The Balaban J connectivity index is 1.62. The zero-order chi connectivity index (χ0) is 17.4. The summed E-state index contributed by atoms with van der Waals surface area (Å²) in [4.78, 5) is 8.97. The lowest BCUT2D eigenvalue weighted by Crippen LogP contribution is -2.27. The van der Waals surface area contributed by atoms with E-state index >= 15 is 0 Å². The number of rotatable bonds is 5. The van der Waals surface area contributed by atoms with E-state index < -0.39 is 10.0 Å². The molecule has 0 aliphatic heterocycles. The summed E-state index contributed by atoms with van der Waals surface area (Å²) >= 11 is 0. The Morgan fingerprint density at radius 3 is 2.56 bits per heavy atom. The lowest BCUT2D eigenvalue weighted by atomic mass is 9.93. The predicted molar refractivity (Wildman–Crippen MR) is 94.0 cm³/mol. The molecule has 3 aromatic rings. The van der Waals surface area contributed by atoms with Gasteiger partial charge in [0.25, 0.3) is 0 Å². The molecule has 9 nitrogen and oxygen atoms in total. The lowest BCUT2D eigenvalue weighted by Gasteiger charge is -2.27. The fourth-order valence-electron chi connectivity index (χ4n) is 2.60. The van der Waals surface area contributed by atoms with Crippen LogP contribution in [-0.4, -0.2) is 34.6 Å². The standard InChI is InChI=1S/C15H17N7O2S/c16-25(23,24)11-6-4-10(5-7-11)19-15-20-13(18-9-2-1-3-9)12-8-17-22-14(12)21-15/h4-9H,1-3H2,(H2,16,23,24)(H3,17,18,19,20,21,22). The summed E-state index contributed by atoms with van der Waals surface area (Å²) in [7, 11) is -3.71. The van der Waals surface area contributed by atoms with Gasteiger partial charge in [-0.25, -0.2) is 13.6 Å². The quantitative estimate of drug-likeness (QED) is 0.544. The first-order valence-corrected chi connectivity index (χ1v) is 9.41. The number of sulfonamides is 1. The smallest absolute Gasteiger partial charge is 0.238 e. The summed E-state index contributed by atoms with van der Waals surface area (Å²) in [5.74, 6) is 1.12. The molecular weight excluding hydrogens is 342 g/mol. The summed E-state index contributed by atoms with van der Waals surface area (Å²) < 4.78 is 22.6. The molecule has 0 spiro atoms. The molecule has 0 radical (unpaired) electrons. The number of aromatic amines is 1. The summed E-state index contributed by atoms with van der Waals surface area (Å²) in [6.45, 7) is 0. The second-order valence-corrected chi connectivity index (χ2v) is 7.56. The van der Waals surface area contributed by atoms with Gasteiger partial charge in [0.1, 0.15) is 5.82 Å². The number of hydrogen-bond acceptors (Lipinski definition) is 7. The topological polar surface area (TPSA) is 139 Å². The van der Waals surface area contributed by atoms with E-state index in [0.29, 0.717) is 23.3 Å². The Hall–Kier alpha value is -2.72. The molecule has 1 aliphatic carbocycles. The van der Waals surface area contributed by atoms with E-state index in [1.807, 2.05) is 0 Å². The van der Waals surface area contributed by atoms with Crippen LogP contribution in [-0.2, 0) is 10.0 Å². The van der Waals surface area contributed by atoms with Gasteiger partial charge in [0, 0.05) is 11.7 Å². The number of nitrogens with two attached hydrogens (primary N) is 1. The molecule has 0 amide bonds. The molecule has 1 aliphatic rings. The highest BCUT2D eigenvalue weighted by atomic mass is 32.2. The first-order valence-electron chi connectivity index (χ1n) is 7.86. The maximum Gasteiger partial charge on any atom is 0.238 e. The van der Waals surface area contributed by atoms with Gasteiger partial charge in [0.15, 0.2) is 5.65 Å². The van der Waals surface area contributed by atoms with Crippen molar-refractivity contribution in [2.75, 3.05) is 10.6 Å². The average molecular weight is 359 g/mol. The van der Waals surface area contributed by atoms with Gasteiger partial charge in [0.05, 0.1) is 16.5 Å². The molecule has 4 rings (SSSR count). The average Bonchev–Trinajstić information content (AvgIpc) is 2.99. The zero-order valence-electron chi connectivity index (χ0n) is 13.2. The van der Waals surface area contributed by atoms with Gasteiger partial charge in [-0.05, 0) is 43.5 Å². The van der Waals surface area contributed by atoms with Crippen LogP contribution in [0.15, 0.2) is 35.4 Å². The Labute approximate surface area is 144 Å². The first kappa shape index (κ1) is 15.8. The van der Waals surface area contributed by atoms with Crippen LogP contribution in [0.2, 0.25) is 0 Å². The number of nitrogens with one attached hydrogen (secondary N) is 3. The molecule has 1 fully saturated rings. The largest absolute Gasteiger partial charge is 0.367 e. The minimum absolute atomic E-state index is 0.0512. The van der Waals surface area contributed by atoms with Crippen molar-refractivity contribution in [2.45, 2.75) is 30.2 Å². The number of hydrogen-bond donors (Lipinski definition) is 4. The van der Waals surface area contributed by atoms with E-state index in [9.17, 15) is 8.42 Å². The number of benzene rings is 1. The van der Waals surface area contributed by atoms with Crippen molar-refractivity contribution >= 4 is 38.5 Å². The molecule has 1 aromatic carbocycles. The van der Waals surface area contributed by atoms with Crippen LogP contribution < -0.4 is 15.8 Å². The van der Waals surface area contributed by atoms with Gasteiger partial charge >= 0.3 is 0 Å². The number of H-pyrrole nitrogens is 1. The molecular formula is C15H17N7O2S. The van der Waals surface area contributed by atoms with E-state index in [4.69, 9.17) is 5.14 Å². The van der Waals surface area contributed by atoms with Gasteiger partial charge in [-0.2, -0.15) is 15.1 Å². The minimum atomic E-state index is -3.71. The summed E-state index contributed by atoms with van der Waals surface area (Å²) in [5.41, 5.74) is 1.28. The van der Waals surface area contributed by atoms with Crippen molar-refractivity contribution in [2.24, 2.45) is 5.14 Å². The Morgan fingerprint density at radius 2 is 1.92 bits per heavy atom. The van der Waals surface area contributed by atoms with Crippen LogP contribution in [0.5, 0.6) is 0 Å². The lowest BCUT2D eigenvalue weighted by molar-refractivity contribution is 0.445. The monoisotopic (exact) mass is 359 g/mol. The SMILES string of the molecule is NS(=O)(=O)c1ccc(Nc2nc(NC3CCC3)c3cn[nH]c3n2)cc1. The van der Waals surface area contributed by atoms with Crippen LogP contribution in [0, 0.1) is 0 Å². The highest BCUT2D eigenvalue weighted by Crippen LogP contribution is 2.27. The van der Waals surface area contributed by atoms with Crippen molar-refractivity contribution in [1.29, 1.82) is 0 Å². The van der Waals surface area contributed by atoms with Crippen molar-refractivity contribution in [1.82, 2.24) is 20.2 Å². The van der Waals surface area contributed by atoms with Crippen LogP contribution in [0.25, 0.3) is 11.0 Å². The van der Waals surface area contributed by atoms with Crippen LogP contribution in [0.1, 0.15) is 19.3 Å². The first-order chi connectivity index (χ1) is 12.0. The molecule has 25 heavy (non-hydrogen) atoms. The summed E-state index contributed by atoms with van der Waals surface area (Å²) in [5, 5.41) is 19.3. The van der Waals surface area contributed by atoms with E-state index in [-0.39, 0.29) is 4.90 Å². The third-order valence-electron chi connectivity index (χ3n) is 4.19. The third-order valence-corrected chi connectivity index (χ3v) is 5.12. The number of fused-ring (bicyclic) bond motifs is 1. The number of aromatic nitrogens is 4. The molecule has 0 unspecified atom stereocenters.